The predicted octanol–water partition coefficient (Wildman–Crippen LogP) is 2.98. The fourth-order valence-electron chi connectivity index (χ4n) is 3.58. The summed E-state index contributed by atoms with van der Waals surface area (Å²) in [6.07, 6.45) is 2.94. The van der Waals surface area contributed by atoms with Crippen LogP contribution in [-0.2, 0) is 24.8 Å². The molecule has 0 bridgehead atoms. The van der Waals surface area contributed by atoms with Gasteiger partial charge in [-0.1, -0.05) is 6.07 Å². The largest absolute Gasteiger partial charge is 0.481 e. The molecular formula is C21H23N5O2. The van der Waals surface area contributed by atoms with Gasteiger partial charge >= 0.3 is 0 Å². The van der Waals surface area contributed by atoms with Crippen molar-refractivity contribution in [1.29, 1.82) is 0 Å². The van der Waals surface area contributed by atoms with Crippen LogP contribution in [0.2, 0.25) is 0 Å². The van der Waals surface area contributed by atoms with Crippen molar-refractivity contribution < 1.29 is 9.53 Å². The van der Waals surface area contributed by atoms with Crippen molar-refractivity contribution in [2.45, 2.75) is 33.2 Å². The smallest absolute Gasteiger partial charge is 0.228 e. The van der Waals surface area contributed by atoms with Crippen LogP contribution >= 0.6 is 0 Å². The van der Waals surface area contributed by atoms with E-state index in [0.717, 1.165) is 39.6 Å². The molecule has 3 aromatic rings. The summed E-state index contributed by atoms with van der Waals surface area (Å²) in [6.45, 7) is 4.48. The Bertz CT molecular complexity index is 1040. The van der Waals surface area contributed by atoms with E-state index in [1.807, 2.05) is 43.8 Å². The van der Waals surface area contributed by atoms with Crippen molar-refractivity contribution >= 4 is 11.7 Å². The second-order valence-corrected chi connectivity index (χ2v) is 7.02. The number of rotatable bonds is 4. The molecule has 28 heavy (non-hydrogen) atoms. The summed E-state index contributed by atoms with van der Waals surface area (Å²) in [4.78, 5) is 23.6. The number of nitrogens with zero attached hydrogens (tertiary/aromatic N) is 5. The van der Waals surface area contributed by atoms with E-state index in [-0.39, 0.29) is 5.91 Å². The van der Waals surface area contributed by atoms with Gasteiger partial charge in [0.2, 0.25) is 11.8 Å². The van der Waals surface area contributed by atoms with E-state index >= 15 is 0 Å². The van der Waals surface area contributed by atoms with Gasteiger partial charge in [0, 0.05) is 42.6 Å². The van der Waals surface area contributed by atoms with Crippen molar-refractivity contribution in [3.63, 3.8) is 0 Å². The molecule has 0 unspecified atom stereocenters. The minimum Gasteiger partial charge on any atom is -0.481 e. The van der Waals surface area contributed by atoms with Gasteiger partial charge in [-0.05, 0) is 38.0 Å². The number of fused-ring (bicyclic) bond motifs is 1. The zero-order valence-corrected chi connectivity index (χ0v) is 16.6. The molecule has 1 amide bonds. The van der Waals surface area contributed by atoms with Gasteiger partial charge in [-0.25, -0.2) is 9.97 Å². The molecular weight excluding hydrogens is 354 g/mol. The first kappa shape index (κ1) is 18.2. The zero-order chi connectivity index (χ0) is 19.8. The Morgan fingerprint density at radius 2 is 1.96 bits per heavy atom. The SMILES string of the molecule is COc1ccc(-c2ccc3c(n2)N(Cc2c(C)nn(C)c2C)C(=O)CC3)cn1. The lowest BCUT2D eigenvalue weighted by atomic mass is 10.0. The predicted molar refractivity (Wildman–Crippen MR) is 106 cm³/mol. The third-order valence-electron chi connectivity index (χ3n) is 5.34. The molecule has 0 saturated carbocycles. The molecule has 7 heteroatoms. The Morgan fingerprint density at radius 3 is 2.61 bits per heavy atom. The number of carbonyl (C=O) groups excluding carboxylic acids is 1. The minimum atomic E-state index is 0.0904. The van der Waals surface area contributed by atoms with E-state index in [2.05, 4.69) is 16.1 Å². The van der Waals surface area contributed by atoms with Gasteiger partial charge in [-0.3, -0.25) is 14.4 Å². The van der Waals surface area contributed by atoms with Crippen LogP contribution in [0.25, 0.3) is 11.3 Å². The number of pyridine rings is 2. The summed E-state index contributed by atoms with van der Waals surface area (Å²) < 4.78 is 6.98. The number of carbonyl (C=O) groups is 1. The molecule has 144 valence electrons. The van der Waals surface area contributed by atoms with Crippen LogP contribution in [0, 0.1) is 13.8 Å². The van der Waals surface area contributed by atoms with Crippen molar-refractivity contribution in [1.82, 2.24) is 19.7 Å². The lowest BCUT2D eigenvalue weighted by Crippen LogP contribution is -2.35. The number of hydrogen-bond donors (Lipinski definition) is 0. The highest BCUT2D eigenvalue weighted by atomic mass is 16.5. The molecule has 7 nitrogen and oxygen atoms in total. The molecule has 4 heterocycles. The second kappa shape index (κ2) is 7.07. The molecule has 0 aliphatic carbocycles. The Hall–Kier alpha value is -3.22. The summed E-state index contributed by atoms with van der Waals surface area (Å²) in [5.74, 6) is 1.38. The van der Waals surface area contributed by atoms with E-state index < -0.39 is 0 Å². The van der Waals surface area contributed by atoms with E-state index in [0.29, 0.717) is 25.3 Å². The summed E-state index contributed by atoms with van der Waals surface area (Å²) in [6, 6.07) is 7.77. The zero-order valence-electron chi connectivity index (χ0n) is 16.6. The lowest BCUT2D eigenvalue weighted by Gasteiger charge is -2.29. The molecule has 0 fully saturated rings. The van der Waals surface area contributed by atoms with E-state index in [1.54, 1.807) is 18.2 Å². The molecule has 0 atom stereocenters. The maximum absolute atomic E-state index is 12.8. The summed E-state index contributed by atoms with van der Waals surface area (Å²) in [5, 5.41) is 4.48. The normalized spacial score (nSPS) is 13.6. The number of amides is 1. The number of aryl methyl sites for hydroxylation is 3. The van der Waals surface area contributed by atoms with Gasteiger partial charge in [0.15, 0.2) is 0 Å². The standard InChI is InChI=1S/C21H23N5O2/c1-13-17(14(2)25(3)24-13)12-26-20(27)10-7-15-5-8-18(23-21(15)26)16-6-9-19(28-4)22-11-16/h5-6,8-9,11H,7,10,12H2,1-4H3. The molecule has 1 aliphatic rings. The minimum absolute atomic E-state index is 0.0904. The van der Waals surface area contributed by atoms with Crippen LogP contribution in [0.4, 0.5) is 5.82 Å². The van der Waals surface area contributed by atoms with E-state index in [1.165, 1.54) is 0 Å². The van der Waals surface area contributed by atoms with Crippen molar-refractivity contribution in [2.24, 2.45) is 7.05 Å². The van der Waals surface area contributed by atoms with Gasteiger partial charge in [-0.15, -0.1) is 0 Å². The topological polar surface area (TPSA) is 73.1 Å². The third-order valence-corrected chi connectivity index (χ3v) is 5.34. The van der Waals surface area contributed by atoms with Gasteiger partial charge < -0.3 is 4.74 Å². The molecule has 0 radical (unpaired) electrons. The highest BCUT2D eigenvalue weighted by Crippen LogP contribution is 2.31. The Morgan fingerprint density at radius 1 is 1.14 bits per heavy atom. The van der Waals surface area contributed by atoms with Gasteiger partial charge in [0.05, 0.1) is 25.0 Å². The number of hydrogen-bond acceptors (Lipinski definition) is 5. The Balaban J connectivity index is 1.73. The Kier molecular flexibility index (Phi) is 4.58. The lowest BCUT2D eigenvalue weighted by molar-refractivity contribution is -0.119. The first-order chi connectivity index (χ1) is 13.5. The maximum atomic E-state index is 12.8. The summed E-state index contributed by atoms with van der Waals surface area (Å²) >= 11 is 0. The average Bonchev–Trinajstić information content (AvgIpc) is 2.95. The molecule has 0 N–H and O–H groups in total. The Labute approximate surface area is 164 Å². The first-order valence-corrected chi connectivity index (χ1v) is 9.27. The molecule has 1 aliphatic heterocycles. The second-order valence-electron chi connectivity index (χ2n) is 7.02. The van der Waals surface area contributed by atoms with Crippen LogP contribution in [0.5, 0.6) is 5.88 Å². The average molecular weight is 377 g/mol. The van der Waals surface area contributed by atoms with Crippen LogP contribution in [-0.4, -0.2) is 32.8 Å². The molecule has 3 aromatic heterocycles. The number of anilines is 1. The highest BCUT2D eigenvalue weighted by Gasteiger charge is 2.28. The van der Waals surface area contributed by atoms with Gasteiger partial charge in [-0.2, -0.15) is 5.10 Å². The number of ether oxygens (including phenoxy) is 1. The molecule has 0 saturated heterocycles. The molecule has 0 aromatic carbocycles. The van der Waals surface area contributed by atoms with Crippen LogP contribution in [0.3, 0.4) is 0 Å². The van der Waals surface area contributed by atoms with Crippen LogP contribution in [0.15, 0.2) is 30.5 Å². The van der Waals surface area contributed by atoms with Gasteiger partial charge in [0.25, 0.3) is 0 Å². The fraction of sp³-hybridized carbons (Fsp3) is 0.333. The van der Waals surface area contributed by atoms with Gasteiger partial charge in [0.1, 0.15) is 5.82 Å². The first-order valence-electron chi connectivity index (χ1n) is 9.27. The van der Waals surface area contributed by atoms with Crippen LogP contribution < -0.4 is 9.64 Å². The maximum Gasteiger partial charge on any atom is 0.228 e. The monoisotopic (exact) mass is 377 g/mol. The quantitative estimate of drug-likeness (QED) is 0.699. The van der Waals surface area contributed by atoms with Crippen LogP contribution in [0.1, 0.15) is 28.9 Å². The van der Waals surface area contributed by atoms with Crippen molar-refractivity contribution in [3.05, 3.63) is 53.0 Å². The highest BCUT2D eigenvalue weighted by molar-refractivity contribution is 5.95. The molecule has 4 rings (SSSR count). The summed E-state index contributed by atoms with van der Waals surface area (Å²) in [5.41, 5.74) is 5.83. The van der Waals surface area contributed by atoms with Crippen molar-refractivity contribution in [3.8, 4) is 17.1 Å². The van der Waals surface area contributed by atoms with E-state index in [9.17, 15) is 4.79 Å². The van der Waals surface area contributed by atoms with Crippen molar-refractivity contribution in [2.75, 3.05) is 12.0 Å². The fourth-order valence-corrected chi connectivity index (χ4v) is 3.58. The number of methoxy groups -OCH3 is 1. The molecule has 0 spiro atoms. The summed E-state index contributed by atoms with van der Waals surface area (Å²) in [7, 11) is 3.51. The third kappa shape index (κ3) is 3.13. The number of aromatic nitrogens is 4. The van der Waals surface area contributed by atoms with E-state index in [4.69, 9.17) is 9.72 Å².